The van der Waals surface area contributed by atoms with Crippen LogP contribution in [0.15, 0.2) is 12.4 Å². The number of rotatable bonds is 6. The van der Waals surface area contributed by atoms with Crippen LogP contribution in [0.25, 0.3) is 0 Å². The van der Waals surface area contributed by atoms with Gasteiger partial charge in [-0.2, -0.15) is 5.10 Å². The lowest BCUT2D eigenvalue weighted by Gasteiger charge is -2.26. The Morgan fingerprint density at radius 1 is 1.31 bits per heavy atom. The minimum absolute atomic E-state index is 0.0607. The van der Waals surface area contributed by atoms with Crippen LogP contribution in [0.1, 0.15) is 45.1 Å². The van der Waals surface area contributed by atoms with Crippen molar-refractivity contribution < 1.29 is 9.59 Å². The Hall–Kier alpha value is -1.89. The van der Waals surface area contributed by atoms with Gasteiger partial charge in [0.15, 0.2) is 0 Å². The zero-order chi connectivity index (χ0) is 19.1. The van der Waals surface area contributed by atoms with Gasteiger partial charge in [0.2, 0.25) is 11.8 Å². The highest BCUT2D eigenvalue weighted by Crippen LogP contribution is 2.21. The molecule has 0 saturated carbocycles. The lowest BCUT2D eigenvalue weighted by molar-refractivity contribution is -0.140. The molecule has 2 amide bonds. The Morgan fingerprint density at radius 3 is 2.65 bits per heavy atom. The van der Waals surface area contributed by atoms with E-state index >= 15 is 0 Å². The van der Waals surface area contributed by atoms with E-state index in [1.165, 1.54) is 0 Å². The van der Waals surface area contributed by atoms with Gasteiger partial charge >= 0.3 is 0 Å². The molecule has 0 unspecified atom stereocenters. The van der Waals surface area contributed by atoms with Crippen molar-refractivity contribution in [3.63, 3.8) is 0 Å². The third-order valence-corrected chi connectivity index (χ3v) is 5.22. The predicted octanol–water partition coefficient (Wildman–Crippen LogP) is 1.40. The standard InChI is InChI=1S/C19H33N5O2/c1-5-24(6-2)19(26)16-8-7-9-17(14-22(3)18(25)10-16)20-11-15-12-21-23(4)13-15/h12-13,16-17,20H,5-11,14H2,1-4H3/t16-,17-/m1/s1. The molecule has 2 heterocycles. The van der Waals surface area contributed by atoms with Gasteiger partial charge in [0, 0.05) is 70.4 Å². The van der Waals surface area contributed by atoms with E-state index in [1.807, 2.05) is 45.2 Å². The van der Waals surface area contributed by atoms with Crippen LogP contribution in [0.2, 0.25) is 0 Å². The Kier molecular flexibility index (Phi) is 7.63. The fourth-order valence-electron chi connectivity index (χ4n) is 3.60. The van der Waals surface area contributed by atoms with E-state index in [2.05, 4.69) is 10.4 Å². The number of nitrogens with zero attached hydrogens (tertiary/aromatic N) is 4. The van der Waals surface area contributed by atoms with Crippen molar-refractivity contribution in [2.24, 2.45) is 13.0 Å². The molecule has 0 aliphatic carbocycles. The minimum Gasteiger partial charge on any atom is -0.344 e. The lowest BCUT2D eigenvalue weighted by Crippen LogP contribution is -2.42. The maximum atomic E-state index is 12.7. The van der Waals surface area contributed by atoms with Gasteiger partial charge in [-0.1, -0.05) is 6.42 Å². The second-order valence-electron chi connectivity index (χ2n) is 7.22. The summed E-state index contributed by atoms with van der Waals surface area (Å²) in [6.07, 6.45) is 6.86. The first-order chi connectivity index (χ1) is 12.4. The molecule has 1 aliphatic heterocycles. The summed E-state index contributed by atoms with van der Waals surface area (Å²) in [5.41, 5.74) is 1.14. The Labute approximate surface area is 156 Å². The largest absolute Gasteiger partial charge is 0.344 e. The molecule has 1 aromatic heterocycles. The second-order valence-corrected chi connectivity index (χ2v) is 7.22. The van der Waals surface area contributed by atoms with Gasteiger partial charge in [0.25, 0.3) is 0 Å². The molecule has 0 bridgehead atoms. The predicted molar refractivity (Wildman–Crippen MR) is 101 cm³/mol. The SMILES string of the molecule is CCN(CC)C(=O)[C@@H]1CCC[C@@H](NCc2cnn(C)c2)CN(C)C(=O)C1. The molecule has 7 nitrogen and oxygen atoms in total. The monoisotopic (exact) mass is 363 g/mol. The molecule has 0 aromatic carbocycles. The number of aryl methyl sites for hydroxylation is 1. The average molecular weight is 364 g/mol. The fraction of sp³-hybridized carbons (Fsp3) is 0.737. The molecular weight excluding hydrogens is 330 g/mol. The summed E-state index contributed by atoms with van der Waals surface area (Å²) < 4.78 is 1.79. The maximum Gasteiger partial charge on any atom is 0.226 e. The van der Waals surface area contributed by atoms with Crippen molar-refractivity contribution in [2.75, 3.05) is 26.7 Å². The fourth-order valence-corrected chi connectivity index (χ4v) is 3.60. The summed E-state index contributed by atoms with van der Waals surface area (Å²) in [7, 11) is 3.74. The lowest BCUT2D eigenvalue weighted by atomic mass is 9.95. The van der Waals surface area contributed by atoms with E-state index in [9.17, 15) is 9.59 Å². The topological polar surface area (TPSA) is 70.5 Å². The zero-order valence-corrected chi connectivity index (χ0v) is 16.6. The Bertz CT molecular complexity index is 597. The van der Waals surface area contributed by atoms with E-state index in [0.717, 1.165) is 31.4 Å². The Morgan fingerprint density at radius 2 is 2.04 bits per heavy atom. The van der Waals surface area contributed by atoms with Crippen molar-refractivity contribution in [3.8, 4) is 0 Å². The van der Waals surface area contributed by atoms with E-state index in [-0.39, 0.29) is 23.8 Å². The van der Waals surface area contributed by atoms with E-state index in [0.29, 0.717) is 26.1 Å². The molecule has 1 saturated heterocycles. The van der Waals surface area contributed by atoms with Crippen LogP contribution in [0.5, 0.6) is 0 Å². The van der Waals surface area contributed by atoms with E-state index in [1.54, 1.807) is 9.58 Å². The van der Waals surface area contributed by atoms with Crippen LogP contribution in [0.4, 0.5) is 0 Å². The van der Waals surface area contributed by atoms with Crippen molar-refractivity contribution in [1.29, 1.82) is 0 Å². The third-order valence-electron chi connectivity index (χ3n) is 5.22. The zero-order valence-electron chi connectivity index (χ0n) is 16.6. The molecule has 0 radical (unpaired) electrons. The highest BCUT2D eigenvalue weighted by atomic mass is 16.2. The van der Waals surface area contributed by atoms with Crippen LogP contribution < -0.4 is 5.32 Å². The van der Waals surface area contributed by atoms with E-state index < -0.39 is 0 Å². The molecule has 1 aromatic rings. The summed E-state index contributed by atoms with van der Waals surface area (Å²) in [4.78, 5) is 28.9. The van der Waals surface area contributed by atoms with Crippen molar-refractivity contribution in [2.45, 2.75) is 52.1 Å². The van der Waals surface area contributed by atoms with Crippen molar-refractivity contribution in [1.82, 2.24) is 24.9 Å². The number of amides is 2. The summed E-state index contributed by atoms with van der Waals surface area (Å²) in [6, 6.07) is 0.228. The quantitative estimate of drug-likeness (QED) is 0.829. The van der Waals surface area contributed by atoms with Gasteiger partial charge in [-0.25, -0.2) is 0 Å². The number of carbonyl (C=O) groups is 2. The van der Waals surface area contributed by atoms with Crippen LogP contribution in [-0.2, 0) is 23.2 Å². The molecule has 1 fully saturated rings. The van der Waals surface area contributed by atoms with E-state index in [4.69, 9.17) is 0 Å². The van der Waals surface area contributed by atoms with Crippen LogP contribution in [0.3, 0.4) is 0 Å². The van der Waals surface area contributed by atoms with Gasteiger partial charge in [0.05, 0.1) is 6.20 Å². The summed E-state index contributed by atoms with van der Waals surface area (Å²) in [6.45, 7) is 6.79. The first-order valence-electron chi connectivity index (χ1n) is 9.68. The molecular formula is C19H33N5O2. The molecule has 1 N–H and O–H groups in total. The third kappa shape index (κ3) is 5.56. The summed E-state index contributed by atoms with van der Waals surface area (Å²) >= 11 is 0. The number of carbonyl (C=O) groups excluding carboxylic acids is 2. The molecule has 0 spiro atoms. The maximum absolute atomic E-state index is 12.7. The molecule has 1 aliphatic rings. The minimum atomic E-state index is -0.193. The van der Waals surface area contributed by atoms with Crippen molar-refractivity contribution >= 4 is 11.8 Å². The van der Waals surface area contributed by atoms with Gasteiger partial charge in [-0.3, -0.25) is 14.3 Å². The van der Waals surface area contributed by atoms with Crippen molar-refractivity contribution in [3.05, 3.63) is 18.0 Å². The second kappa shape index (κ2) is 9.71. The summed E-state index contributed by atoms with van der Waals surface area (Å²) in [5.74, 6) is -0.00831. The molecule has 2 atom stereocenters. The normalized spacial score (nSPS) is 21.8. The van der Waals surface area contributed by atoms with Gasteiger partial charge in [-0.15, -0.1) is 0 Å². The molecule has 7 heteroatoms. The highest BCUT2D eigenvalue weighted by molar-refractivity contribution is 5.85. The molecule has 2 rings (SSSR count). The number of hydrogen-bond acceptors (Lipinski definition) is 4. The number of nitrogens with one attached hydrogen (secondary N) is 1. The smallest absolute Gasteiger partial charge is 0.226 e. The number of likely N-dealkylation sites (N-methyl/N-ethyl adjacent to an activating group) is 1. The van der Waals surface area contributed by atoms with Crippen LogP contribution in [-0.4, -0.2) is 64.1 Å². The Balaban J connectivity index is 1.97. The number of aromatic nitrogens is 2. The average Bonchev–Trinajstić information content (AvgIpc) is 3.05. The van der Waals surface area contributed by atoms with Gasteiger partial charge < -0.3 is 15.1 Å². The summed E-state index contributed by atoms with van der Waals surface area (Å²) in [5, 5.41) is 7.73. The molecule has 26 heavy (non-hydrogen) atoms. The number of hydrogen-bond donors (Lipinski definition) is 1. The first-order valence-corrected chi connectivity index (χ1v) is 9.68. The highest BCUT2D eigenvalue weighted by Gasteiger charge is 2.29. The van der Waals surface area contributed by atoms with Crippen LogP contribution in [0, 0.1) is 5.92 Å². The van der Waals surface area contributed by atoms with Gasteiger partial charge in [-0.05, 0) is 26.7 Å². The molecule has 146 valence electrons. The van der Waals surface area contributed by atoms with Gasteiger partial charge in [0.1, 0.15) is 0 Å². The first kappa shape index (κ1) is 20.4. The van der Waals surface area contributed by atoms with Crippen LogP contribution >= 0.6 is 0 Å².